The van der Waals surface area contributed by atoms with Gasteiger partial charge in [-0.05, 0) is 0 Å². The molecule has 4 rings (SSSR count). The highest BCUT2D eigenvalue weighted by Gasteiger charge is 2.33. The summed E-state index contributed by atoms with van der Waals surface area (Å²) in [6.45, 7) is 0. The van der Waals surface area contributed by atoms with E-state index in [2.05, 4.69) is 9.97 Å². The van der Waals surface area contributed by atoms with E-state index in [4.69, 9.17) is 0 Å². The Bertz CT molecular complexity index is 1210. The van der Waals surface area contributed by atoms with Gasteiger partial charge in [-0.1, -0.05) is 24.3 Å². The molecule has 8 heteroatoms. The molecule has 1 aliphatic carbocycles. The zero-order valence-corrected chi connectivity index (χ0v) is 11.7. The fourth-order valence-corrected chi connectivity index (χ4v) is 2.62. The average Bonchev–Trinajstić information content (AvgIpc) is 2.61. The second-order valence-corrected chi connectivity index (χ2v) is 5.14. The Balaban J connectivity index is 2.21. The van der Waals surface area contributed by atoms with Crippen LogP contribution in [0.25, 0.3) is 11.0 Å². The first-order valence-electron chi connectivity index (χ1n) is 6.70. The molecule has 1 aliphatic rings. The van der Waals surface area contributed by atoms with Crippen molar-refractivity contribution in [2.75, 3.05) is 0 Å². The Morgan fingerprint density at radius 3 is 1.29 bits per heavy atom. The van der Waals surface area contributed by atoms with Crippen LogP contribution in [0, 0.1) is 0 Å². The number of benzene rings is 2. The van der Waals surface area contributed by atoms with Crippen LogP contribution in [0.4, 0.5) is 0 Å². The second kappa shape index (κ2) is 4.42. The first kappa shape index (κ1) is 13.9. The van der Waals surface area contributed by atoms with E-state index >= 15 is 0 Å². The molecule has 0 saturated carbocycles. The van der Waals surface area contributed by atoms with Crippen molar-refractivity contribution < 1.29 is 9.59 Å². The summed E-state index contributed by atoms with van der Waals surface area (Å²) in [5, 5.41) is 0. The average molecular weight is 320 g/mol. The number of ketones is 2. The Hall–Kier alpha value is -3.68. The molecule has 114 valence electrons. The Kier molecular flexibility index (Phi) is 2.57. The molecular weight excluding hydrogens is 316 g/mol. The molecule has 0 spiro atoms. The summed E-state index contributed by atoms with van der Waals surface area (Å²) in [5.41, 5.74) is -7.71. The Morgan fingerprint density at radius 2 is 0.917 bits per heavy atom. The lowest BCUT2D eigenvalue weighted by molar-refractivity contribution is 0.0972. The number of aromatic nitrogens is 2. The highest BCUT2D eigenvalue weighted by Crippen LogP contribution is 2.25. The summed E-state index contributed by atoms with van der Waals surface area (Å²) in [7, 11) is 0. The number of hydrogen-bond acceptors (Lipinski definition) is 8. The van der Waals surface area contributed by atoms with Crippen molar-refractivity contribution in [3.8, 4) is 0 Å². The van der Waals surface area contributed by atoms with Crippen LogP contribution >= 0.6 is 0 Å². The van der Waals surface area contributed by atoms with Gasteiger partial charge < -0.3 is 0 Å². The maximum Gasteiger partial charge on any atom is 0.279 e. The van der Waals surface area contributed by atoms with Gasteiger partial charge in [-0.2, -0.15) is 0 Å². The summed E-state index contributed by atoms with van der Waals surface area (Å²) < 4.78 is 0. The quantitative estimate of drug-likeness (QED) is 0.366. The normalized spacial score (nSPS) is 13.0. The molecule has 0 bridgehead atoms. The van der Waals surface area contributed by atoms with Gasteiger partial charge >= 0.3 is 0 Å². The first-order valence-corrected chi connectivity index (χ1v) is 6.70. The summed E-state index contributed by atoms with van der Waals surface area (Å²) >= 11 is 0. The number of nitrogens with zero attached hydrogens (tertiary/aromatic N) is 2. The van der Waals surface area contributed by atoms with Gasteiger partial charge in [0.05, 0.1) is 0 Å². The SMILES string of the molecule is O=C1c2ccccc2C(=O)c2nc3c(=O)c(=O)c(=O)c(=O)c3nc21. The van der Waals surface area contributed by atoms with Crippen molar-refractivity contribution in [2.24, 2.45) is 0 Å². The molecule has 2 aromatic carbocycles. The molecular formula is C16H4N2O6. The van der Waals surface area contributed by atoms with Crippen LogP contribution in [0.5, 0.6) is 0 Å². The molecule has 1 aromatic heterocycles. The number of hydrogen-bond donors (Lipinski definition) is 0. The zero-order valence-electron chi connectivity index (χ0n) is 11.7. The van der Waals surface area contributed by atoms with Crippen molar-refractivity contribution in [3.63, 3.8) is 0 Å². The lowest BCUT2D eigenvalue weighted by atomic mass is 9.89. The minimum atomic E-state index is -1.53. The molecule has 0 unspecified atom stereocenters. The highest BCUT2D eigenvalue weighted by atomic mass is 16.2. The predicted octanol–water partition coefficient (Wildman–Crippen LogP) is -1.28. The number of carbonyl (C=O) groups is 2. The smallest absolute Gasteiger partial charge is 0.279 e. The summed E-state index contributed by atoms with van der Waals surface area (Å²) in [6, 6.07) is 5.94. The lowest BCUT2D eigenvalue weighted by Crippen LogP contribution is -2.47. The van der Waals surface area contributed by atoms with E-state index in [1.807, 2.05) is 0 Å². The minimum absolute atomic E-state index is 0.0845. The van der Waals surface area contributed by atoms with Crippen molar-refractivity contribution in [2.45, 2.75) is 0 Å². The summed E-state index contributed by atoms with van der Waals surface area (Å²) in [5.74, 6) is -1.31. The van der Waals surface area contributed by atoms with Crippen molar-refractivity contribution in [1.82, 2.24) is 9.97 Å². The van der Waals surface area contributed by atoms with Gasteiger partial charge in [0.1, 0.15) is 22.4 Å². The van der Waals surface area contributed by atoms with Crippen LogP contribution in [0.1, 0.15) is 32.1 Å². The maximum atomic E-state index is 12.5. The van der Waals surface area contributed by atoms with Gasteiger partial charge in [0.15, 0.2) is 0 Å². The molecule has 0 fully saturated rings. The van der Waals surface area contributed by atoms with Crippen molar-refractivity contribution >= 4 is 22.6 Å². The van der Waals surface area contributed by atoms with Crippen molar-refractivity contribution in [3.05, 3.63) is 87.7 Å². The van der Waals surface area contributed by atoms with Crippen LogP contribution < -0.4 is 21.7 Å². The van der Waals surface area contributed by atoms with Crippen LogP contribution in [0.15, 0.2) is 43.4 Å². The Morgan fingerprint density at radius 1 is 0.542 bits per heavy atom. The molecule has 0 aliphatic heterocycles. The summed E-state index contributed by atoms with van der Waals surface area (Å²) in [4.78, 5) is 79.1. The van der Waals surface area contributed by atoms with Crippen LogP contribution in [0.2, 0.25) is 0 Å². The zero-order chi connectivity index (χ0) is 17.2. The molecule has 8 nitrogen and oxygen atoms in total. The van der Waals surface area contributed by atoms with E-state index < -0.39 is 55.7 Å². The van der Waals surface area contributed by atoms with Gasteiger partial charge in [-0.25, -0.2) is 9.97 Å². The third-order valence-corrected chi connectivity index (χ3v) is 3.79. The molecule has 0 radical (unpaired) electrons. The minimum Gasteiger partial charge on any atom is -0.287 e. The summed E-state index contributed by atoms with van der Waals surface area (Å²) in [6.07, 6.45) is 0. The van der Waals surface area contributed by atoms with E-state index in [0.29, 0.717) is 0 Å². The third kappa shape index (κ3) is 1.56. The van der Waals surface area contributed by atoms with E-state index in [9.17, 15) is 28.8 Å². The lowest BCUT2D eigenvalue weighted by Gasteiger charge is -2.15. The van der Waals surface area contributed by atoms with Crippen molar-refractivity contribution in [1.29, 1.82) is 0 Å². The molecule has 1 heterocycles. The molecule has 0 atom stereocenters. The third-order valence-electron chi connectivity index (χ3n) is 3.79. The van der Waals surface area contributed by atoms with E-state index in [-0.39, 0.29) is 11.1 Å². The number of rotatable bonds is 0. The predicted molar refractivity (Wildman–Crippen MR) is 80.3 cm³/mol. The Labute approximate surface area is 130 Å². The van der Waals surface area contributed by atoms with E-state index in [0.717, 1.165) is 0 Å². The van der Waals surface area contributed by atoms with Gasteiger partial charge in [0.2, 0.25) is 11.6 Å². The molecule has 3 aromatic rings. The van der Waals surface area contributed by atoms with Gasteiger partial charge in [-0.15, -0.1) is 0 Å². The molecule has 0 saturated heterocycles. The van der Waals surface area contributed by atoms with Gasteiger partial charge in [0, 0.05) is 11.1 Å². The molecule has 0 N–H and O–H groups in total. The largest absolute Gasteiger partial charge is 0.287 e. The maximum absolute atomic E-state index is 12.5. The van der Waals surface area contributed by atoms with Gasteiger partial charge in [0.25, 0.3) is 21.7 Å². The van der Waals surface area contributed by atoms with E-state index in [1.54, 1.807) is 12.1 Å². The number of carbonyl (C=O) groups excluding carboxylic acids is 2. The topological polar surface area (TPSA) is 128 Å². The molecule has 24 heavy (non-hydrogen) atoms. The van der Waals surface area contributed by atoms with Crippen LogP contribution in [-0.4, -0.2) is 21.5 Å². The fraction of sp³-hybridized carbons (Fsp3) is 0. The van der Waals surface area contributed by atoms with Gasteiger partial charge in [-0.3, -0.25) is 28.8 Å². The number of fused-ring (bicyclic) bond motifs is 3. The monoisotopic (exact) mass is 320 g/mol. The second-order valence-electron chi connectivity index (χ2n) is 5.14. The fourth-order valence-electron chi connectivity index (χ4n) is 2.62. The van der Waals surface area contributed by atoms with Crippen LogP contribution in [-0.2, 0) is 0 Å². The van der Waals surface area contributed by atoms with E-state index in [1.165, 1.54) is 12.1 Å². The molecule has 0 amide bonds. The first-order chi connectivity index (χ1) is 11.4. The van der Waals surface area contributed by atoms with Crippen LogP contribution in [0.3, 0.4) is 0 Å². The highest BCUT2D eigenvalue weighted by molar-refractivity contribution is 6.27. The standard InChI is InChI=1S/C16H4N2O6/c19-11-5-3-1-2-4-6(5)12(20)8-7(11)17-9-10(18-8)14(22)16(24)15(23)13(9)21/h1-4H.